The van der Waals surface area contributed by atoms with Crippen molar-refractivity contribution in [3.63, 3.8) is 0 Å². The lowest BCUT2D eigenvalue weighted by atomic mass is 10.2. The Kier molecular flexibility index (Phi) is 3.22. The van der Waals surface area contributed by atoms with Crippen LogP contribution in [0.1, 0.15) is 36.0 Å². The van der Waals surface area contributed by atoms with E-state index < -0.39 is 0 Å². The Morgan fingerprint density at radius 2 is 2.21 bits per heavy atom. The lowest BCUT2D eigenvalue weighted by Gasteiger charge is -2.13. The highest BCUT2D eigenvalue weighted by atomic mass is 16.1. The van der Waals surface area contributed by atoms with Crippen LogP contribution in [0.2, 0.25) is 0 Å². The molecule has 6 nitrogen and oxygen atoms in total. The zero-order chi connectivity index (χ0) is 13.1. The molecule has 0 saturated heterocycles. The van der Waals surface area contributed by atoms with Crippen LogP contribution >= 0.6 is 0 Å². The molecule has 1 aliphatic carbocycles. The second-order valence-corrected chi connectivity index (χ2v) is 4.67. The summed E-state index contributed by atoms with van der Waals surface area (Å²) in [4.78, 5) is 20.4. The molecule has 0 radical (unpaired) electrons. The van der Waals surface area contributed by atoms with Gasteiger partial charge in [0.1, 0.15) is 12.7 Å². The molecule has 0 unspecified atom stereocenters. The summed E-state index contributed by atoms with van der Waals surface area (Å²) in [6, 6.07) is 3.80. The molecule has 1 fully saturated rings. The minimum Gasteiger partial charge on any atom is -0.349 e. The van der Waals surface area contributed by atoms with E-state index in [9.17, 15) is 4.79 Å². The Hall–Kier alpha value is -2.24. The number of hydrogen-bond donors (Lipinski definition) is 1. The summed E-state index contributed by atoms with van der Waals surface area (Å²) in [5.41, 5.74) is 0.528. The van der Waals surface area contributed by atoms with Crippen LogP contribution in [0.25, 0.3) is 5.82 Å². The van der Waals surface area contributed by atoms with Gasteiger partial charge in [0.2, 0.25) is 0 Å². The van der Waals surface area contributed by atoms with Gasteiger partial charge in [-0.2, -0.15) is 5.10 Å². The maximum Gasteiger partial charge on any atom is 0.255 e. The monoisotopic (exact) mass is 257 g/mol. The molecule has 0 atom stereocenters. The normalized spacial score (nSPS) is 15.6. The number of rotatable bonds is 3. The van der Waals surface area contributed by atoms with Gasteiger partial charge in [0, 0.05) is 12.2 Å². The first-order chi connectivity index (χ1) is 9.34. The van der Waals surface area contributed by atoms with Crippen molar-refractivity contribution < 1.29 is 4.79 Å². The summed E-state index contributed by atoms with van der Waals surface area (Å²) in [5, 5.41) is 7.08. The zero-order valence-electron chi connectivity index (χ0n) is 10.5. The van der Waals surface area contributed by atoms with Gasteiger partial charge in [0.15, 0.2) is 5.82 Å². The third-order valence-electron chi connectivity index (χ3n) is 3.36. The molecule has 3 rings (SSSR count). The first kappa shape index (κ1) is 11.8. The lowest BCUT2D eigenvalue weighted by molar-refractivity contribution is 0.0937. The largest absolute Gasteiger partial charge is 0.349 e. The van der Waals surface area contributed by atoms with Gasteiger partial charge in [0.25, 0.3) is 5.91 Å². The van der Waals surface area contributed by atoms with Crippen molar-refractivity contribution in [3.8, 4) is 5.82 Å². The van der Waals surface area contributed by atoms with Crippen LogP contribution in [0, 0.1) is 0 Å². The van der Waals surface area contributed by atoms with Crippen molar-refractivity contribution in [3.05, 3.63) is 36.5 Å². The van der Waals surface area contributed by atoms with E-state index in [1.807, 2.05) is 0 Å². The van der Waals surface area contributed by atoms with Crippen LogP contribution in [0.15, 0.2) is 31.0 Å². The predicted octanol–water partition coefficient (Wildman–Crippen LogP) is 1.33. The summed E-state index contributed by atoms with van der Waals surface area (Å²) in [6.45, 7) is 0. The molecule has 0 aromatic carbocycles. The molecule has 19 heavy (non-hydrogen) atoms. The van der Waals surface area contributed by atoms with Gasteiger partial charge in [-0.25, -0.2) is 14.6 Å². The Morgan fingerprint density at radius 1 is 1.37 bits per heavy atom. The fraction of sp³-hybridized carbons (Fsp3) is 0.385. The topological polar surface area (TPSA) is 72.7 Å². The smallest absolute Gasteiger partial charge is 0.255 e. The van der Waals surface area contributed by atoms with Crippen molar-refractivity contribution in [2.45, 2.75) is 31.7 Å². The number of nitrogens with one attached hydrogen (secondary N) is 1. The van der Waals surface area contributed by atoms with Crippen molar-refractivity contribution in [1.82, 2.24) is 25.1 Å². The van der Waals surface area contributed by atoms with Gasteiger partial charge in [0.05, 0.1) is 5.56 Å². The van der Waals surface area contributed by atoms with Crippen LogP contribution in [0.5, 0.6) is 0 Å². The third kappa shape index (κ3) is 2.47. The predicted molar refractivity (Wildman–Crippen MR) is 68.9 cm³/mol. The summed E-state index contributed by atoms with van der Waals surface area (Å²) < 4.78 is 1.50. The van der Waals surface area contributed by atoms with E-state index in [1.165, 1.54) is 30.2 Å². The average Bonchev–Trinajstić information content (AvgIpc) is 3.11. The fourth-order valence-electron chi connectivity index (χ4n) is 2.41. The third-order valence-corrected chi connectivity index (χ3v) is 3.36. The van der Waals surface area contributed by atoms with Gasteiger partial charge in [-0.05, 0) is 25.0 Å². The lowest BCUT2D eigenvalue weighted by Crippen LogP contribution is -2.33. The minimum atomic E-state index is -0.0921. The molecule has 0 spiro atoms. The van der Waals surface area contributed by atoms with Crippen molar-refractivity contribution in [1.29, 1.82) is 0 Å². The summed E-state index contributed by atoms with van der Waals surface area (Å²) in [5.74, 6) is 0.418. The molecule has 2 heterocycles. The van der Waals surface area contributed by atoms with Gasteiger partial charge >= 0.3 is 0 Å². The fourth-order valence-corrected chi connectivity index (χ4v) is 2.41. The quantitative estimate of drug-likeness (QED) is 0.900. The number of aromatic nitrogens is 4. The van der Waals surface area contributed by atoms with Crippen molar-refractivity contribution in [2.75, 3.05) is 0 Å². The molecule has 0 bridgehead atoms. The molecule has 98 valence electrons. The van der Waals surface area contributed by atoms with E-state index in [0.717, 1.165) is 12.8 Å². The Morgan fingerprint density at radius 3 is 2.95 bits per heavy atom. The number of carbonyl (C=O) groups excluding carboxylic acids is 1. The maximum atomic E-state index is 12.3. The van der Waals surface area contributed by atoms with E-state index in [1.54, 1.807) is 18.3 Å². The van der Waals surface area contributed by atoms with Crippen molar-refractivity contribution in [2.24, 2.45) is 0 Å². The first-order valence-corrected chi connectivity index (χ1v) is 6.45. The molecule has 1 aliphatic rings. The number of nitrogens with zero attached hydrogens (tertiary/aromatic N) is 4. The number of amides is 1. The van der Waals surface area contributed by atoms with Crippen molar-refractivity contribution >= 4 is 5.91 Å². The van der Waals surface area contributed by atoms with Crippen LogP contribution in [0.4, 0.5) is 0 Å². The molecule has 0 aliphatic heterocycles. The minimum absolute atomic E-state index is 0.0921. The molecule has 1 saturated carbocycles. The number of carbonyl (C=O) groups is 1. The molecule has 1 N–H and O–H groups in total. The number of hydrogen-bond acceptors (Lipinski definition) is 4. The first-order valence-electron chi connectivity index (χ1n) is 6.45. The Bertz CT molecular complexity index is 560. The molecular formula is C13H15N5O. The van der Waals surface area contributed by atoms with E-state index in [4.69, 9.17) is 0 Å². The van der Waals surface area contributed by atoms with Gasteiger partial charge in [-0.3, -0.25) is 4.79 Å². The second-order valence-electron chi connectivity index (χ2n) is 4.67. The summed E-state index contributed by atoms with van der Waals surface area (Å²) in [7, 11) is 0. The van der Waals surface area contributed by atoms with Gasteiger partial charge in [-0.1, -0.05) is 12.8 Å². The maximum absolute atomic E-state index is 12.3. The van der Waals surface area contributed by atoms with E-state index in [0.29, 0.717) is 11.4 Å². The zero-order valence-corrected chi connectivity index (χ0v) is 10.5. The number of pyridine rings is 1. The molecule has 6 heteroatoms. The highest BCUT2D eigenvalue weighted by Crippen LogP contribution is 2.19. The van der Waals surface area contributed by atoms with Gasteiger partial charge < -0.3 is 5.32 Å². The molecule has 2 aromatic heterocycles. The average molecular weight is 257 g/mol. The van der Waals surface area contributed by atoms with Crippen LogP contribution in [-0.2, 0) is 0 Å². The second kappa shape index (κ2) is 5.17. The molecular weight excluding hydrogens is 242 g/mol. The van der Waals surface area contributed by atoms with E-state index in [-0.39, 0.29) is 11.9 Å². The summed E-state index contributed by atoms with van der Waals surface area (Å²) >= 11 is 0. The standard InChI is InChI=1S/C13H15N5O/c19-13(17-10-4-1-2-5-10)11-6-3-7-15-12(11)18-9-14-8-16-18/h3,6-10H,1-2,4-5H2,(H,17,19). The highest BCUT2D eigenvalue weighted by Gasteiger charge is 2.20. The molecule has 1 amide bonds. The van der Waals surface area contributed by atoms with Crippen LogP contribution in [-0.4, -0.2) is 31.7 Å². The Balaban J connectivity index is 1.85. The van der Waals surface area contributed by atoms with Crippen LogP contribution < -0.4 is 5.32 Å². The van der Waals surface area contributed by atoms with Crippen LogP contribution in [0.3, 0.4) is 0 Å². The van der Waals surface area contributed by atoms with Gasteiger partial charge in [-0.15, -0.1) is 0 Å². The van der Waals surface area contributed by atoms with E-state index >= 15 is 0 Å². The highest BCUT2D eigenvalue weighted by molar-refractivity contribution is 5.97. The SMILES string of the molecule is O=C(NC1CCCC1)c1cccnc1-n1cncn1. The van der Waals surface area contributed by atoms with E-state index in [2.05, 4.69) is 20.4 Å². The molecule has 2 aromatic rings. The Labute approximate surface area is 110 Å². The summed E-state index contributed by atoms with van der Waals surface area (Å²) in [6.07, 6.45) is 9.10.